The molecule has 7 nitrogen and oxygen atoms in total. The predicted molar refractivity (Wildman–Crippen MR) is 244 cm³/mol. The van der Waals surface area contributed by atoms with Crippen molar-refractivity contribution < 1.29 is 33.2 Å². The van der Waals surface area contributed by atoms with E-state index in [0.717, 1.165) is 145 Å². The van der Waals surface area contributed by atoms with Gasteiger partial charge in [-0.2, -0.15) is 0 Å². The lowest BCUT2D eigenvalue weighted by Crippen LogP contribution is -2.12. The molecule has 58 heavy (non-hydrogen) atoms. The first-order chi connectivity index (χ1) is 28.5. The fraction of sp³-hybridized carbons (Fsp3) is 0.706. The van der Waals surface area contributed by atoms with E-state index < -0.39 is 0 Å². The van der Waals surface area contributed by atoms with Crippen LogP contribution in [0.1, 0.15) is 212 Å². The van der Waals surface area contributed by atoms with Gasteiger partial charge in [0.15, 0.2) is 28.8 Å². The lowest BCUT2D eigenvalue weighted by Gasteiger charge is -2.22. The van der Waals surface area contributed by atoms with Crippen molar-refractivity contribution >= 4 is 11.9 Å². The second kappa shape index (κ2) is 34.5. The standard InChI is InChI=1S/C51H84O7/c1-7-13-19-25-35-53-44-32-34-46(54-36-26-20-14-8-2)43(41-44)31-33-45(52)49-50(57-39-29-23-17-11-5)47(55-37-27-21-15-9-3)42-48(56-38-28-22-16-10-4)51(49)58-40-30-24-18-12-6/h31-34,41-42H,7-30,35-40H2,1-6H3/b33-31+. The number of ether oxygens (including phenoxy) is 6. The fourth-order valence-corrected chi connectivity index (χ4v) is 6.71. The first-order valence-electron chi connectivity index (χ1n) is 23.9. The Kier molecular flexibility index (Phi) is 30.2. The number of carbonyl (C=O) groups is 1. The smallest absolute Gasteiger partial charge is 0.193 e. The molecule has 330 valence electrons. The van der Waals surface area contributed by atoms with E-state index in [0.29, 0.717) is 68.2 Å². The highest BCUT2D eigenvalue weighted by molar-refractivity contribution is 6.11. The maximum atomic E-state index is 14.8. The first-order valence-corrected chi connectivity index (χ1v) is 23.9. The van der Waals surface area contributed by atoms with Crippen LogP contribution in [0.15, 0.2) is 30.3 Å². The lowest BCUT2D eigenvalue weighted by molar-refractivity contribution is 0.103. The van der Waals surface area contributed by atoms with Crippen molar-refractivity contribution in [3.8, 4) is 34.5 Å². The van der Waals surface area contributed by atoms with E-state index in [2.05, 4.69) is 41.5 Å². The van der Waals surface area contributed by atoms with E-state index in [1.165, 1.54) is 25.7 Å². The summed E-state index contributed by atoms with van der Waals surface area (Å²) in [6.45, 7) is 16.6. The normalized spacial score (nSPS) is 11.3. The van der Waals surface area contributed by atoms with Crippen molar-refractivity contribution in [2.75, 3.05) is 39.6 Å². The van der Waals surface area contributed by atoms with Crippen molar-refractivity contribution in [3.05, 3.63) is 41.5 Å². The molecule has 0 heterocycles. The summed E-state index contributed by atoms with van der Waals surface area (Å²) in [5, 5.41) is 0. The summed E-state index contributed by atoms with van der Waals surface area (Å²) >= 11 is 0. The quantitative estimate of drug-likeness (QED) is 0.0378. The van der Waals surface area contributed by atoms with Crippen LogP contribution >= 0.6 is 0 Å². The first kappa shape index (κ1) is 50.8. The Morgan fingerprint density at radius 2 is 0.776 bits per heavy atom. The summed E-state index contributed by atoms with van der Waals surface area (Å²) in [4.78, 5) is 14.8. The minimum atomic E-state index is -0.223. The molecule has 0 radical (unpaired) electrons. The summed E-state index contributed by atoms with van der Waals surface area (Å²) in [6, 6.07) is 7.84. The zero-order chi connectivity index (χ0) is 41.9. The Morgan fingerprint density at radius 1 is 0.414 bits per heavy atom. The molecule has 0 spiro atoms. The summed E-state index contributed by atoms with van der Waals surface area (Å²) < 4.78 is 38.7. The van der Waals surface area contributed by atoms with E-state index in [1.54, 1.807) is 6.08 Å². The van der Waals surface area contributed by atoms with Gasteiger partial charge in [-0.25, -0.2) is 0 Å². The molecule has 2 aromatic rings. The number of carbonyl (C=O) groups excluding carboxylic acids is 1. The minimum absolute atomic E-state index is 0.223. The molecular weight excluding hydrogens is 725 g/mol. The van der Waals surface area contributed by atoms with Crippen molar-refractivity contribution in [3.63, 3.8) is 0 Å². The fourth-order valence-electron chi connectivity index (χ4n) is 6.71. The Labute approximate surface area is 355 Å². The highest BCUT2D eigenvalue weighted by Crippen LogP contribution is 2.46. The minimum Gasteiger partial charge on any atom is -0.494 e. The number of ketones is 1. The number of benzene rings is 2. The second-order valence-corrected chi connectivity index (χ2v) is 15.8. The molecule has 0 amide bonds. The molecule has 0 aliphatic rings. The van der Waals surface area contributed by atoms with Gasteiger partial charge in [0.05, 0.1) is 39.6 Å². The van der Waals surface area contributed by atoms with Crippen molar-refractivity contribution in [1.82, 2.24) is 0 Å². The Bertz CT molecular complexity index is 1300. The number of unbranched alkanes of at least 4 members (excludes halogenated alkanes) is 18. The molecule has 0 bridgehead atoms. The van der Waals surface area contributed by atoms with E-state index in [1.807, 2.05) is 30.3 Å². The third-order valence-electron chi connectivity index (χ3n) is 10.3. The van der Waals surface area contributed by atoms with E-state index in [4.69, 9.17) is 28.4 Å². The summed E-state index contributed by atoms with van der Waals surface area (Å²) in [6.07, 6.45) is 29.6. The summed E-state index contributed by atoms with van der Waals surface area (Å²) in [7, 11) is 0. The van der Waals surface area contributed by atoms with Gasteiger partial charge in [-0.05, 0) is 68.9 Å². The van der Waals surface area contributed by atoms with Gasteiger partial charge in [0.1, 0.15) is 17.1 Å². The Balaban J connectivity index is 2.67. The average molecular weight is 809 g/mol. The van der Waals surface area contributed by atoms with Crippen molar-refractivity contribution in [2.45, 2.75) is 196 Å². The number of hydrogen-bond donors (Lipinski definition) is 0. The molecule has 2 aromatic carbocycles. The third kappa shape index (κ3) is 21.6. The SMILES string of the molecule is CCCCCCOc1ccc(OCCCCCC)c(/C=C/C(=O)c2c(OCCCCCC)c(OCCCCCC)cc(OCCCCCC)c2OCCCCCC)c1. The molecule has 2 rings (SSSR count). The Morgan fingerprint density at radius 3 is 1.17 bits per heavy atom. The largest absolute Gasteiger partial charge is 0.494 e. The van der Waals surface area contributed by atoms with Crippen LogP contribution in [0.3, 0.4) is 0 Å². The zero-order valence-corrected chi connectivity index (χ0v) is 38.0. The molecule has 0 N–H and O–H groups in total. The summed E-state index contributed by atoms with van der Waals surface area (Å²) in [5.74, 6) is 3.25. The number of rotatable bonds is 39. The molecule has 0 fully saturated rings. The highest BCUT2D eigenvalue weighted by Gasteiger charge is 2.27. The average Bonchev–Trinajstić information content (AvgIpc) is 3.23. The predicted octanol–water partition coefficient (Wildman–Crippen LogP) is 15.3. The maximum Gasteiger partial charge on any atom is 0.193 e. The molecule has 0 saturated heterocycles. The van der Waals surface area contributed by atoms with Crippen LogP contribution in [0.4, 0.5) is 0 Å². The van der Waals surface area contributed by atoms with Gasteiger partial charge in [0.2, 0.25) is 0 Å². The molecule has 7 heteroatoms. The molecule has 0 aliphatic carbocycles. The molecule has 0 aromatic heterocycles. The maximum absolute atomic E-state index is 14.8. The van der Waals surface area contributed by atoms with Gasteiger partial charge in [0, 0.05) is 11.6 Å². The van der Waals surface area contributed by atoms with E-state index >= 15 is 0 Å². The van der Waals surface area contributed by atoms with E-state index in [9.17, 15) is 4.79 Å². The second-order valence-electron chi connectivity index (χ2n) is 15.8. The lowest BCUT2D eigenvalue weighted by atomic mass is 10.0. The van der Waals surface area contributed by atoms with Crippen LogP contribution in [0, 0.1) is 0 Å². The highest BCUT2D eigenvalue weighted by atomic mass is 16.5. The number of allylic oxidation sites excluding steroid dienone is 1. The van der Waals surface area contributed by atoms with Gasteiger partial charge >= 0.3 is 0 Å². The van der Waals surface area contributed by atoms with Crippen LogP contribution in [-0.4, -0.2) is 45.4 Å². The molecule has 0 atom stereocenters. The van der Waals surface area contributed by atoms with Gasteiger partial charge in [0.25, 0.3) is 0 Å². The van der Waals surface area contributed by atoms with Gasteiger partial charge in [-0.15, -0.1) is 0 Å². The monoisotopic (exact) mass is 809 g/mol. The van der Waals surface area contributed by atoms with Crippen molar-refractivity contribution in [2.24, 2.45) is 0 Å². The van der Waals surface area contributed by atoms with Crippen molar-refractivity contribution in [1.29, 1.82) is 0 Å². The zero-order valence-electron chi connectivity index (χ0n) is 38.0. The van der Waals surface area contributed by atoms with Crippen LogP contribution < -0.4 is 28.4 Å². The van der Waals surface area contributed by atoms with Gasteiger partial charge in [-0.3, -0.25) is 4.79 Å². The van der Waals surface area contributed by atoms with Crippen LogP contribution in [-0.2, 0) is 0 Å². The van der Waals surface area contributed by atoms with Gasteiger partial charge in [-0.1, -0.05) is 157 Å². The Hall–Kier alpha value is -3.35. The van der Waals surface area contributed by atoms with Crippen LogP contribution in [0.5, 0.6) is 34.5 Å². The van der Waals surface area contributed by atoms with E-state index in [-0.39, 0.29) is 5.78 Å². The topological polar surface area (TPSA) is 72.5 Å². The molecule has 0 saturated carbocycles. The number of hydrogen-bond acceptors (Lipinski definition) is 7. The molecule has 0 unspecified atom stereocenters. The molecule has 0 aliphatic heterocycles. The van der Waals surface area contributed by atoms with Crippen LogP contribution in [0.25, 0.3) is 6.08 Å². The summed E-state index contributed by atoms with van der Waals surface area (Å²) in [5.41, 5.74) is 1.16. The van der Waals surface area contributed by atoms with Gasteiger partial charge < -0.3 is 28.4 Å². The van der Waals surface area contributed by atoms with Crippen LogP contribution in [0.2, 0.25) is 0 Å². The molecular formula is C51H84O7. The third-order valence-corrected chi connectivity index (χ3v) is 10.3.